The van der Waals surface area contributed by atoms with Gasteiger partial charge in [0.2, 0.25) is 0 Å². The van der Waals surface area contributed by atoms with Gasteiger partial charge in [-0.1, -0.05) is 0 Å². The molecule has 1 rings (SSSR count). The van der Waals surface area contributed by atoms with Gasteiger partial charge in [-0.05, 0) is 26.3 Å². The van der Waals surface area contributed by atoms with E-state index < -0.39 is 19.9 Å². The first-order valence-corrected chi connectivity index (χ1v) is 6.04. The fourth-order valence-electron chi connectivity index (χ4n) is 1.86. The van der Waals surface area contributed by atoms with Crippen molar-refractivity contribution in [1.82, 2.24) is 0 Å². The Bertz CT molecular complexity index is 607. The Morgan fingerprint density at radius 2 is 1.65 bits per heavy atom. The minimum atomic E-state index is -4.54. The third-order valence-corrected chi connectivity index (χ3v) is 3.77. The van der Waals surface area contributed by atoms with Crippen molar-refractivity contribution in [2.24, 2.45) is 0 Å². The van der Waals surface area contributed by atoms with Gasteiger partial charge in [0.1, 0.15) is 4.90 Å². The van der Waals surface area contributed by atoms with Gasteiger partial charge in [0.05, 0.1) is 10.5 Å². The van der Waals surface area contributed by atoms with Gasteiger partial charge in [0.15, 0.2) is 0 Å². The third kappa shape index (κ3) is 2.08. The summed E-state index contributed by atoms with van der Waals surface area (Å²) >= 11 is 0. The second kappa shape index (κ2) is 3.97. The summed E-state index contributed by atoms with van der Waals surface area (Å²) in [5.74, 6) is 0. The van der Waals surface area contributed by atoms with Gasteiger partial charge in [-0.15, -0.1) is 0 Å². The summed E-state index contributed by atoms with van der Waals surface area (Å²) in [4.78, 5) is 9.65. The van der Waals surface area contributed by atoms with Gasteiger partial charge in [-0.2, -0.15) is 8.42 Å². The Morgan fingerprint density at radius 1 is 1.18 bits per heavy atom. The van der Waals surface area contributed by atoms with E-state index in [4.69, 9.17) is 10.3 Å². The molecule has 0 atom stereocenters. The highest BCUT2D eigenvalue weighted by atomic mass is 32.2. The molecule has 0 aliphatic carbocycles. The van der Waals surface area contributed by atoms with E-state index in [1.807, 2.05) is 0 Å². The highest BCUT2D eigenvalue weighted by molar-refractivity contribution is 7.86. The Balaban J connectivity index is 3.95. The summed E-state index contributed by atoms with van der Waals surface area (Å²) in [6.45, 7) is 4.09. The van der Waals surface area contributed by atoms with E-state index >= 15 is 0 Å². The predicted molar refractivity (Wildman–Crippen MR) is 61.5 cm³/mol. The summed E-state index contributed by atoms with van der Waals surface area (Å²) in [7, 11) is -4.54. The number of nitro benzene ring substituents is 1. The van der Waals surface area contributed by atoms with Gasteiger partial charge in [0, 0.05) is 11.3 Å². The fraction of sp³-hybridized carbons (Fsp3) is 0.333. The summed E-state index contributed by atoms with van der Waals surface area (Å²) < 4.78 is 31.4. The summed E-state index contributed by atoms with van der Waals surface area (Å²) in [6.07, 6.45) is 0. The smallest absolute Gasteiger partial charge is 0.295 e. The van der Waals surface area contributed by atoms with Crippen LogP contribution in [-0.4, -0.2) is 17.9 Å². The molecule has 0 saturated heterocycles. The quantitative estimate of drug-likeness (QED) is 0.358. The molecule has 0 spiro atoms. The minimum Gasteiger partial charge on any atom is -0.398 e. The van der Waals surface area contributed by atoms with Crippen LogP contribution in [0.3, 0.4) is 0 Å². The van der Waals surface area contributed by atoms with Crippen LogP contribution in [0.2, 0.25) is 0 Å². The highest BCUT2D eigenvalue weighted by Crippen LogP contribution is 2.36. The van der Waals surface area contributed by atoms with Crippen LogP contribution < -0.4 is 5.73 Å². The molecule has 0 aromatic heterocycles. The van der Waals surface area contributed by atoms with E-state index in [-0.39, 0.29) is 28.1 Å². The maximum atomic E-state index is 11.2. The van der Waals surface area contributed by atoms with Crippen molar-refractivity contribution < 1.29 is 17.9 Å². The van der Waals surface area contributed by atoms with Crippen LogP contribution in [0.1, 0.15) is 16.7 Å². The zero-order chi connectivity index (χ0) is 13.5. The number of hydrogen-bond acceptors (Lipinski definition) is 5. The molecule has 0 saturated carbocycles. The first-order chi connectivity index (χ1) is 7.59. The van der Waals surface area contributed by atoms with E-state index in [0.717, 1.165) is 0 Å². The van der Waals surface area contributed by atoms with Crippen molar-refractivity contribution in [1.29, 1.82) is 0 Å². The Kier molecular flexibility index (Phi) is 3.13. The van der Waals surface area contributed by atoms with Crippen LogP contribution in [0.25, 0.3) is 0 Å². The van der Waals surface area contributed by atoms with Crippen LogP contribution >= 0.6 is 0 Å². The monoisotopic (exact) mass is 260 g/mol. The number of nitrogen functional groups attached to an aromatic ring is 1. The van der Waals surface area contributed by atoms with Crippen LogP contribution in [-0.2, 0) is 10.1 Å². The van der Waals surface area contributed by atoms with Crippen LogP contribution in [0.15, 0.2) is 4.90 Å². The molecule has 0 amide bonds. The van der Waals surface area contributed by atoms with Gasteiger partial charge >= 0.3 is 0 Å². The van der Waals surface area contributed by atoms with E-state index in [2.05, 4.69) is 0 Å². The highest BCUT2D eigenvalue weighted by Gasteiger charge is 2.28. The maximum Gasteiger partial charge on any atom is 0.295 e. The number of nitrogens with zero attached hydrogens (tertiary/aromatic N) is 1. The lowest BCUT2D eigenvalue weighted by Gasteiger charge is -2.13. The molecule has 0 fully saturated rings. The summed E-state index contributed by atoms with van der Waals surface area (Å²) in [5, 5.41) is 10.9. The maximum absolute atomic E-state index is 11.2. The summed E-state index contributed by atoms with van der Waals surface area (Å²) in [5.41, 5.74) is 5.42. The molecule has 8 heteroatoms. The molecule has 0 radical (unpaired) electrons. The number of nitrogens with two attached hydrogens (primary N) is 1. The van der Waals surface area contributed by atoms with Crippen molar-refractivity contribution in [2.45, 2.75) is 25.7 Å². The van der Waals surface area contributed by atoms with Crippen LogP contribution in [0.5, 0.6) is 0 Å². The van der Waals surface area contributed by atoms with E-state index in [9.17, 15) is 18.5 Å². The molecule has 0 aliphatic rings. The molecule has 94 valence electrons. The average Bonchev–Trinajstić information content (AvgIpc) is 2.11. The number of benzene rings is 1. The van der Waals surface area contributed by atoms with E-state index in [0.29, 0.717) is 0 Å². The topological polar surface area (TPSA) is 124 Å². The van der Waals surface area contributed by atoms with Crippen molar-refractivity contribution in [2.75, 3.05) is 5.73 Å². The van der Waals surface area contributed by atoms with Crippen LogP contribution in [0.4, 0.5) is 11.4 Å². The predicted octanol–water partition coefficient (Wildman–Crippen LogP) is 1.35. The number of rotatable bonds is 2. The molecule has 17 heavy (non-hydrogen) atoms. The number of nitro groups is 1. The van der Waals surface area contributed by atoms with Gasteiger partial charge < -0.3 is 5.73 Å². The number of hydrogen-bond donors (Lipinski definition) is 2. The third-order valence-electron chi connectivity index (χ3n) is 2.64. The Hall–Kier alpha value is -1.67. The SMILES string of the molecule is Cc1c(N)c(C)c(S(=O)(=O)O)c(C)c1[N+](=O)[O-]. The Labute approximate surface area is 98.1 Å². The zero-order valence-corrected chi connectivity index (χ0v) is 10.3. The largest absolute Gasteiger partial charge is 0.398 e. The van der Waals surface area contributed by atoms with E-state index in [1.54, 1.807) is 0 Å². The number of anilines is 1. The van der Waals surface area contributed by atoms with Crippen molar-refractivity contribution in [3.05, 3.63) is 26.8 Å². The molecule has 0 bridgehead atoms. The molecular formula is C9H12N2O5S. The second-order valence-electron chi connectivity index (χ2n) is 3.70. The molecule has 7 nitrogen and oxygen atoms in total. The van der Waals surface area contributed by atoms with Gasteiger partial charge in [-0.3, -0.25) is 14.7 Å². The lowest BCUT2D eigenvalue weighted by molar-refractivity contribution is -0.386. The fourth-order valence-corrected chi connectivity index (χ4v) is 2.84. The normalized spacial score (nSPS) is 11.5. The summed E-state index contributed by atoms with van der Waals surface area (Å²) in [6, 6.07) is 0. The van der Waals surface area contributed by atoms with Gasteiger partial charge in [0.25, 0.3) is 15.8 Å². The van der Waals surface area contributed by atoms with Gasteiger partial charge in [-0.25, -0.2) is 0 Å². The first kappa shape index (κ1) is 13.4. The molecule has 1 aromatic rings. The van der Waals surface area contributed by atoms with Crippen molar-refractivity contribution in [3.63, 3.8) is 0 Å². The first-order valence-electron chi connectivity index (χ1n) is 4.60. The lowest BCUT2D eigenvalue weighted by atomic mass is 10.0. The molecule has 0 aliphatic heterocycles. The molecule has 1 aromatic carbocycles. The zero-order valence-electron chi connectivity index (χ0n) is 9.51. The van der Waals surface area contributed by atoms with Crippen molar-refractivity contribution in [3.8, 4) is 0 Å². The lowest BCUT2D eigenvalue weighted by Crippen LogP contribution is -2.11. The van der Waals surface area contributed by atoms with Crippen LogP contribution in [0, 0.1) is 30.9 Å². The van der Waals surface area contributed by atoms with Crippen molar-refractivity contribution >= 4 is 21.5 Å². The minimum absolute atomic E-state index is 0.00470. The molecule has 0 unspecified atom stereocenters. The molecule has 0 heterocycles. The average molecular weight is 260 g/mol. The molecule has 3 N–H and O–H groups in total. The second-order valence-corrected chi connectivity index (χ2v) is 5.06. The molecular weight excluding hydrogens is 248 g/mol. The van der Waals surface area contributed by atoms with E-state index in [1.165, 1.54) is 20.8 Å². The Morgan fingerprint density at radius 3 is 2.00 bits per heavy atom. The standard InChI is InChI=1S/C9H12N2O5S/c1-4-7(10)5(2)9(17(14,15)16)6(3)8(4)11(12)13/h10H2,1-3H3,(H,14,15,16).